The Morgan fingerprint density at radius 3 is 2.85 bits per heavy atom. The molecule has 0 atom stereocenters. The van der Waals surface area contributed by atoms with Crippen molar-refractivity contribution in [2.45, 2.75) is 13.3 Å². The van der Waals surface area contributed by atoms with Gasteiger partial charge in [0, 0.05) is 0 Å². The zero-order valence-electron chi connectivity index (χ0n) is 7.31. The summed E-state index contributed by atoms with van der Waals surface area (Å²) in [7, 11) is 0. The fourth-order valence-corrected chi connectivity index (χ4v) is 1.35. The van der Waals surface area contributed by atoms with Crippen molar-refractivity contribution in [3.8, 4) is 0 Å². The zero-order valence-corrected chi connectivity index (χ0v) is 8.07. The highest BCUT2D eigenvalue weighted by Crippen LogP contribution is 2.22. The molecule has 1 rings (SSSR count). The van der Waals surface area contributed by atoms with E-state index in [1.807, 2.05) is 0 Å². The molecule has 13 heavy (non-hydrogen) atoms. The second-order valence-electron chi connectivity index (χ2n) is 2.79. The summed E-state index contributed by atoms with van der Waals surface area (Å²) in [4.78, 5) is 4.39. The lowest BCUT2D eigenvalue weighted by atomic mass is 10.1. The lowest BCUT2D eigenvalue weighted by Crippen LogP contribution is -2.04. The molecule has 0 aromatic heterocycles. The van der Waals surface area contributed by atoms with E-state index in [-0.39, 0.29) is 10.8 Å². The Balaban J connectivity index is 2.90. The summed E-state index contributed by atoms with van der Waals surface area (Å²) in [5, 5.41) is 0.164. The van der Waals surface area contributed by atoms with Gasteiger partial charge in [-0.05, 0) is 24.5 Å². The zero-order chi connectivity index (χ0) is 9.84. The SMILES string of the molecule is Cc1ccc(CCON)c(Cl)c1F. The van der Waals surface area contributed by atoms with E-state index >= 15 is 0 Å². The molecule has 4 heteroatoms. The van der Waals surface area contributed by atoms with Crippen molar-refractivity contribution in [3.63, 3.8) is 0 Å². The molecule has 0 fully saturated rings. The molecule has 0 aliphatic rings. The molecule has 0 saturated heterocycles. The topological polar surface area (TPSA) is 35.2 Å². The molecule has 0 radical (unpaired) electrons. The van der Waals surface area contributed by atoms with Crippen LogP contribution in [0.15, 0.2) is 12.1 Å². The highest BCUT2D eigenvalue weighted by Gasteiger charge is 2.08. The van der Waals surface area contributed by atoms with Gasteiger partial charge < -0.3 is 4.84 Å². The maximum Gasteiger partial charge on any atom is 0.144 e. The molecule has 0 saturated carbocycles. The first kappa shape index (κ1) is 10.4. The van der Waals surface area contributed by atoms with Crippen molar-refractivity contribution in [3.05, 3.63) is 34.1 Å². The fraction of sp³-hybridized carbons (Fsp3) is 0.333. The summed E-state index contributed by atoms with van der Waals surface area (Å²) in [6.45, 7) is 2.01. The Hall–Kier alpha value is -0.640. The molecule has 0 spiro atoms. The first-order valence-electron chi connectivity index (χ1n) is 3.92. The maximum absolute atomic E-state index is 13.2. The maximum atomic E-state index is 13.2. The largest absolute Gasteiger partial charge is 0.304 e. The molecule has 0 unspecified atom stereocenters. The number of nitrogens with two attached hydrogens (primary N) is 1. The quantitative estimate of drug-likeness (QED) is 0.765. The molecule has 1 aromatic carbocycles. The lowest BCUT2D eigenvalue weighted by Gasteiger charge is -2.05. The Bertz CT molecular complexity index is 304. The average molecular weight is 204 g/mol. The van der Waals surface area contributed by atoms with Crippen molar-refractivity contribution in [2.24, 2.45) is 5.90 Å². The Morgan fingerprint density at radius 1 is 1.54 bits per heavy atom. The highest BCUT2D eigenvalue weighted by molar-refractivity contribution is 6.31. The minimum atomic E-state index is -0.365. The second-order valence-corrected chi connectivity index (χ2v) is 3.17. The van der Waals surface area contributed by atoms with Crippen LogP contribution < -0.4 is 5.90 Å². The Labute approximate surface area is 81.4 Å². The monoisotopic (exact) mass is 203 g/mol. The van der Waals surface area contributed by atoms with Crippen molar-refractivity contribution < 1.29 is 9.23 Å². The molecular weight excluding hydrogens is 193 g/mol. The molecule has 0 heterocycles. The minimum absolute atomic E-state index is 0.164. The van der Waals surface area contributed by atoms with E-state index in [0.29, 0.717) is 18.6 Å². The third-order valence-corrected chi connectivity index (χ3v) is 2.25. The molecular formula is C9H11ClFNO. The van der Waals surface area contributed by atoms with Crippen LogP contribution in [-0.4, -0.2) is 6.61 Å². The first-order chi connectivity index (χ1) is 6.16. The van der Waals surface area contributed by atoms with Gasteiger partial charge in [0.1, 0.15) is 5.82 Å². The van der Waals surface area contributed by atoms with Crippen LogP contribution >= 0.6 is 11.6 Å². The summed E-state index contributed by atoms with van der Waals surface area (Å²) in [5.74, 6) is 4.49. The molecule has 2 nitrogen and oxygen atoms in total. The third kappa shape index (κ3) is 2.40. The fourth-order valence-electron chi connectivity index (χ4n) is 1.05. The van der Waals surface area contributed by atoms with Gasteiger partial charge in [0.25, 0.3) is 0 Å². The number of hydrogen-bond acceptors (Lipinski definition) is 2. The molecule has 0 aliphatic carbocycles. The van der Waals surface area contributed by atoms with Crippen molar-refractivity contribution in [2.75, 3.05) is 6.61 Å². The molecule has 0 amide bonds. The Morgan fingerprint density at radius 2 is 2.23 bits per heavy atom. The molecule has 0 bridgehead atoms. The van der Waals surface area contributed by atoms with Gasteiger partial charge in [0.05, 0.1) is 11.6 Å². The average Bonchev–Trinajstić information content (AvgIpc) is 2.13. The van der Waals surface area contributed by atoms with Gasteiger partial charge in [-0.15, -0.1) is 0 Å². The van der Waals surface area contributed by atoms with Crippen LogP contribution in [0.4, 0.5) is 4.39 Å². The minimum Gasteiger partial charge on any atom is -0.304 e. The summed E-state index contributed by atoms with van der Waals surface area (Å²) >= 11 is 5.76. The van der Waals surface area contributed by atoms with E-state index in [1.165, 1.54) is 0 Å². The lowest BCUT2D eigenvalue weighted by molar-refractivity contribution is 0.141. The van der Waals surface area contributed by atoms with Gasteiger partial charge in [-0.25, -0.2) is 10.3 Å². The second kappa shape index (κ2) is 4.56. The molecule has 0 aliphatic heterocycles. The predicted molar refractivity (Wildman–Crippen MR) is 50.0 cm³/mol. The smallest absolute Gasteiger partial charge is 0.144 e. The van der Waals surface area contributed by atoms with E-state index in [0.717, 1.165) is 5.56 Å². The number of aryl methyl sites for hydroxylation is 1. The predicted octanol–water partition coefficient (Wildman–Crippen LogP) is 2.22. The molecule has 1 aromatic rings. The summed E-state index contributed by atoms with van der Waals surface area (Å²) in [6, 6.07) is 3.47. The van der Waals surface area contributed by atoms with Crippen LogP contribution in [0.5, 0.6) is 0 Å². The van der Waals surface area contributed by atoms with Gasteiger partial charge in [-0.1, -0.05) is 23.7 Å². The van der Waals surface area contributed by atoms with Crippen LogP contribution in [0.3, 0.4) is 0 Å². The number of benzene rings is 1. The van der Waals surface area contributed by atoms with Crippen molar-refractivity contribution in [1.82, 2.24) is 0 Å². The number of rotatable bonds is 3. The van der Waals surface area contributed by atoms with E-state index in [2.05, 4.69) is 4.84 Å². The molecule has 72 valence electrons. The van der Waals surface area contributed by atoms with Gasteiger partial charge >= 0.3 is 0 Å². The standard InChI is InChI=1S/C9H11ClFNO/c1-6-2-3-7(4-5-13-12)8(10)9(6)11/h2-3H,4-5,12H2,1H3. The van der Waals surface area contributed by atoms with Crippen LogP contribution in [0.2, 0.25) is 5.02 Å². The van der Waals surface area contributed by atoms with Crippen LogP contribution in [0.1, 0.15) is 11.1 Å². The third-order valence-electron chi connectivity index (χ3n) is 1.84. The van der Waals surface area contributed by atoms with Gasteiger partial charge in [0.2, 0.25) is 0 Å². The van der Waals surface area contributed by atoms with Gasteiger partial charge in [-0.3, -0.25) is 0 Å². The first-order valence-corrected chi connectivity index (χ1v) is 4.29. The van der Waals surface area contributed by atoms with Crippen molar-refractivity contribution >= 4 is 11.6 Å². The molecule has 2 N–H and O–H groups in total. The van der Waals surface area contributed by atoms with E-state index in [4.69, 9.17) is 17.5 Å². The van der Waals surface area contributed by atoms with Crippen LogP contribution in [-0.2, 0) is 11.3 Å². The van der Waals surface area contributed by atoms with Crippen LogP contribution in [0, 0.1) is 12.7 Å². The van der Waals surface area contributed by atoms with E-state index < -0.39 is 0 Å². The van der Waals surface area contributed by atoms with E-state index in [1.54, 1.807) is 19.1 Å². The number of halogens is 2. The normalized spacial score (nSPS) is 10.5. The van der Waals surface area contributed by atoms with Gasteiger partial charge in [-0.2, -0.15) is 0 Å². The Kier molecular flexibility index (Phi) is 3.66. The van der Waals surface area contributed by atoms with Gasteiger partial charge in [0.15, 0.2) is 0 Å². The summed E-state index contributed by atoms with van der Waals surface area (Å²) in [5.41, 5.74) is 1.26. The summed E-state index contributed by atoms with van der Waals surface area (Å²) < 4.78 is 13.2. The van der Waals surface area contributed by atoms with E-state index in [9.17, 15) is 4.39 Å². The highest BCUT2D eigenvalue weighted by atomic mass is 35.5. The number of hydrogen-bond donors (Lipinski definition) is 1. The van der Waals surface area contributed by atoms with Crippen LogP contribution in [0.25, 0.3) is 0 Å². The summed E-state index contributed by atoms with van der Waals surface area (Å²) in [6.07, 6.45) is 0.520. The van der Waals surface area contributed by atoms with Crippen molar-refractivity contribution in [1.29, 1.82) is 0 Å².